The number of nitrogens with two attached hydrogens (primary N) is 1. The summed E-state index contributed by atoms with van der Waals surface area (Å²) in [5, 5.41) is 4.35. The minimum atomic E-state index is -0.697. The Morgan fingerprint density at radius 2 is 2.25 bits per heavy atom. The van der Waals surface area contributed by atoms with E-state index in [1.165, 1.54) is 10.7 Å². The zero-order valence-corrected chi connectivity index (χ0v) is 11.7. The average Bonchev–Trinajstić information content (AvgIpc) is 2.77. The van der Waals surface area contributed by atoms with Gasteiger partial charge in [-0.15, -0.1) is 5.10 Å². The number of aryl methyl sites for hydroxylation is 1. The third-order valence-electron chi connectivity index (χ3n) is 2.78. The van der Waals surface area contributed by atoms with Gasteiger partial charge < -0.3 is 5.73 Å². The van der Waals surface area contributed by atoms with Gasteiger partial charge in [-0.1, -0.05) is 24.6 Å². The molecule has 7 heteroatoms. The van der Waals surface area contributed by atoms with Crippen LogP contribution in [0.4, 0.5) is 4.39 Å². The third kappa shape index (κ3) is 3.14. The average molecular weight is 297 g/mol. The molecule has 0 atom stereocenters. The molecule has 1 aromatic carbocycles. The summed E-state index contributed by atoms with van der Waals surface area (Å²) in [7, 11) is 0. The summed E-state index contributed by atoms with van der Waals surface area (Å²) in [6.45, 7) is 2.16. The van der Waals surface area contributed by atoms with Gasteiger partial charge in [0.25, 0.3) is 5.91 Å². The van der Waals surface area contributed by atoms with Crippen molar-refractivity contribution >= 4 is 17.5 Å². The molecule has 0 saturated carbocycles. The molecule has 106 valence electrons. The summed E-state index contributed by atoms with van der Waals surface area (Å²) in [5.41, 5.74) is 5.59. The number of nitrogens with zero attached hydrogens (tertiary/aromatic N) is 3. The molecule has 1 heterocycles. The summed E-state index contributed by atoms with van der Waals surface area (Å²) >= 11 is 5.71. The third-order valence-corrected chi connectivity index (χ3v) is 3.01. The molecule has 0 aliphatic rings. The lowest BCUT2D eigenvalue weighted by atomic mass is 10.2. The van der Waals surface area contributed by atoms with E-state index in [0.29, 0.717) is 22.8 Å². The van der Waals surface area contributed by atoms with Crippen LogP contribution in [0.2, 0.25) is 5.02 Å². The van der Waals surface area contributed by atoms with E-state index >= 15 is 0 Å². The second kappa shape index (κ2) is 6.00. The monoisotopic (exact) mass is 296 g/mol. The summed E-state index contributed by atoms with van der Waals surface area (Å²) in [4.78, 5) is 15.2. The zero-order valence-electron chi connectivity index (χ0n) is 10.9. The lowest BCUT2D eigenvalue weighted by molar-refractivity contribution is 0.0990. The van der Waals surface area contributed by atoms with Crippen molar-refractivity contribution in [2.45, 2.75) is 26.3 Å². The first-order valence-corrected chi connectivity index (χ1v) is 6.56. The molecule has 1 aromatic heterocycles. The van der Waals surface area contributed by atoms with Crippen LogP contribution in [0.3, 0.4) is 0 Å². The SMILES string of the molecule is CCCc1nc(C(N)=O)nn1Cc1ccc(Cl)cc1F. The quantitative estimate of drug-likeness (QED) is 0.919. The maximum atomic E-state index is 13.8. The highest BCUT2D eigenvalue weighted by Crippen LogP contribution is 2.16. The molecule has 0 spiro atoms. The fourth-order valence-corrected chi connectivity index (χ4v) is 1.98. The predicted molar refractivity (Wildman–Crippen MR) is 73.0 cm³/mol. The van der Waals surface area contributed by atoms with Crippen LogP contribution < -0.4 is 5.73 Å². The second-order valence-electron chi connectivity index (χ2n) is 4.36. The molecule has 0 unspecified atom stereocenters. The molecule has 0 aliphatic carbocycles. The van der Waals surface area contributed by atoms with E-state index in [1.807, 2.05) is 6.92 Å². The smallest absolute Gasteiger partial charge is 0.288 e. The van der Waals surface area contributed by atoms with Crippen molar-refractivity contribution < 1.29 is 9.18 Å². The maximum Gasteiger partial charge on any atom is 0.288 e. The molecule has 0 radical (unpaired) electrons. The number of benzene rings is 1. The molecular formula is C13H14ClFN4O. The number of halogens is 2. The Morgan fingerprint density at radius 1 is 1.50 bits per heavy atom. The number of hydrogen-bond donors (Lipinski definition) is 1. The molecule has 0 bridgehead atoms. The Balaban J connectivity index is 2.33. The number of hydrogen-bond acceptors (Lipinski definition) is 3. The molecule has 0 fully saturated rings. The number of rotatable bonds is 5. The van der Waals surface area contributed by atoms with Crippen molar-refractivity contribution in [2.24, 2.45) is 5.73 Å². The van der Waals surface area contributed by atoms with Crippen LogP contribution in [0, 0.1) is 5.82 Å². The molecule has 5 nitrogen and oxygen atoms in total. The molecule has 20 heavy (non-hydrogen) atoms. The summed E-state index contributed by atoms with van der Waals surface area (Å²) in [6.07, 6.45) is 1.47. The van der Waals surface area contributed by atoms with E-state index in [4.69, 9.17) is 17.3 Å². The first-order valence-electron chi connectivity index (χ1n) is 6.18. The lowest BCUT2D eigenvalue weighted by Crippen LogP contribution is -2.14. The fraction of sp³-hybridized carbons (Fsp3) is 0.308. The first-order chi connectivity index (χ1) is 9.51. The standard InChI is InChI=1S/C13H14ClFN4O/c1-2-3-11-17-13(12(16)20)18-19(11)7-8-4-5-9(14)6-10(8)15/h4-6H,2-3,7H2,1H3,(H2,16,20). The summed E-state index contributed by atoms with van der Waals surface area (Å²) in [5.74, 6) is -0.563. The van der Waals surface area contributed by atoms with Gasteiger partial charge in [0, 0.05) is 17.0 Å². The molecule has 0 saturated heterocycles. The number of aromatic nitrogens is 3. The van der Waals surface area contributed by atoms with E-state index in [-0.39, 0.29) is 12.4 Å². The van der Waals surface area contributed by atoms with E-state index in [0.717, 1.165) is 6.42 Å². The number of amides is 1. The van der Waals surface area contributed by atoms with Crippen LogP contribution in [0.15, 0.2) is 18.2 Å². The van der Waals surface area contributed by atoms with E-state index in [2.05, 4.69) is 10.1 Å². The minimum absolute atomic E-state index is 0.0529. The van der Waals surface area contributed by atoms with E-state index in [1.54, 1.807) is 12.1 Å². The van der Waals surface area contributed by atoms with Crippen LogP contribution in [0.25, 0.3) is 0 Å². The molecule has 0 aliphatic heterocycles. The van der Waals surface area contributed by atoms with Gasteiger partial charge >= 0.3 is 0 Å². The van der Waals surface area contributed by atoms with Gasteiger partial charge in [-0.3, -0.25) is 4.79 Å². The van der Waals surface area contributed by atoms with Crippen molar-refractivity contribution in [3.63, 3.8) is 0 Å². The van der Waals surface area contributed by atoms with Gasteiger partial charge in [0.15, 0.2) is 0 Å². The Bertz CT molecular complexity index is 641. The molecular weight excluding hydrogens is 283 g/mol. The van der Waals surface area contributed by atoms with Gasteiger partial charge in [-0.05, 0) is 18.6 Å². The van der Waals surface area contributed by atoms with Gasteiger partial charge in [-0.2, -0.15) is 0 Å². The Labute approximate surface area is 120 Å². The van der Waals surface area contributed by atoms with Crippen LogP contribution in [0.1, 0.15) is 35.4 Å². The van der Waals surface area contributed by atoms with Gasteiger partial charge in [0.1, 0.15) is 11.6 Å². The molecule has 1 amide bonds. The number of carbonyl (C=O) groups excluding carboxylic acids is 1. The van der Waals surface area contributed by atoms with Crippen LogP contribution in [-0.4, -0.2) is 20.7 Å². The fourth-order valence-electron chi connectivity index (χ4n) is 1.83. The largest absolute Gasteiger partial charge is 0.363 e. The number of primary amides is 1. The van der Waals surface area contributed by atoms with Crippen molar-refractivity contribution in [2.75, 3.05) is 0 Å². The normalized spacial score (nSPS) is 10.8. The van der Waals surface area contributed by atoms with E-state index in [9.17, 15) is 9.18 Å². The van der Waals surface area contributed by atoms with Crippen LogP contribution in [-0.2, 0) is 13.0 Å². The highest BCUT2D eigenvalue weighted by molar-refractivity contribution is 6.30. The van der Waals surface area contributed by atoms with Gasteiger partial charge in [0.05, 0.1) is 6.54 Å². The summed E-state index contributed by atoms with van der Waals surface area (Å²) < 4.78 is 15.3. The highest BCUT2D eigenvalue weighted by atomic mass is 35.5. The van der Waals surface area contributed by atoms with Crippen LogP contribution in [0.5, 0.6) is 0 Å². The van der Waals surface area contributed by atoms with Gasteiger partial charge in [0.2, 0.25) is 5.82 Å². The number of carbonyl (C=O) groups is 1. The first kappa shape index (κ1) is 14.5. The van der Waals surface area contributed by atoms with Crippen molar-refractivity contribution in [3.05, 3.63) is 46.3 Å². The minimum Gasteiger partial charge on any atom is -0.363 e. The molecule has 2 aromatic rings. The molecule has 2 N–H and O–H groups in total. The lowest BCUT2D eigenvalue weighted by Gasteiger charge is -2.06. The van der Waals surface area contributed by atoms with Crippen molar-refractivity contribution in [3.8, 4) is 0 Å². The predicted octanol–water partition coefficient (Wildman–Crippen LogP) is 2.17. The zero-order chi connectivity index (χ0) is 14.7. The van der Waals surface area contributed by atoms with Crippen molar-refractivity contribution in [1.29, 1.82) is 0 Å². The van der Waals surface area contributed by atoms with Crippen molar-refractivity contribution in [1.82, 2.24) is 14.8 Å². The Hall–Kier alpha value is -1.95. The topological polar surface area (TPSA) is 73.8 Å². The highest BCUT2D eigenvalue weighted by Gasteiger charge is 2.14. The maximum absolute atomic E-state index is 13.8. The second-order valence-corrected chi connectivity index (χ2v) is 4.80. The Kier molecular flexibility index (Phi) is 4.34. The Morgan fingerprint density at radius 3 is 2.85 bits per heavy atom. The van der Waals surface area contributed by atoms with E-state index < -0.39 is 11.7 Å². The molecule has 2 rings (SSSR count). The van der Waals surface area contributed by atoms with Gasteiger partial charge in [-0.25, -0.2) is 14.1 Å². The van der Waals surface area contributed by atoms with Crippen LogP contribution >= 0.6 is 11.6 Å². The summed E-state index contributed by atoms with van der Waals surface area (Å²) in [6, 6.07) is 4.42.